The number of halogens is 1. The van der Waals surface area contributed by atoms with Crippen LogP contribution in [0, 0.1) is 18.2 Å². The summed E-state index contributed by atoms with van der Waals surface area (Å²) in [7, 11) is 0. The summed E-state index contributed by atoms with van der Waals surface area (Å²) in [5, 5.41) is 4.20. The fourth-order valence-corrected chi connectivity index (χ4v) is 4.41. The van der Waals surface area contributed by atoms with Crippen molar-refractivity contribution in [3.05, 3.63) is 71.7 Å². The van der Waals surface area contributed by atoms with E-state index in [1.807, 2.05) is 37.3 Å². The lowest BCUT2D eigenvalue weighted by Gasteiger charge is -2.36. The molecule has 1 aromatic heterocycles. The lowest BCUT2D eigenvalue weighted by Crippen LogP contribution is -2.40. The number of aromatic nitrogens is 1. The molecule has 3 aromatic rings. The fourth-order valence-electron chi connectivity index (χ4n) is 4.41. The van der Waals surface area contributed by atoms with Gasteiger partial charge in [-0.15, -0.1) is 0 Å². The highest BCUT2D eigenvalue weighted by Crippen LogP contribution is 2.41. The normalized spacial score (nSPS) is 16.1. The molecule has 28 heavy (non-hydrogen) atoms. The smallest absolute Gasteiger partial charge is 0.230 e. The van der Waals surface area contributed by atoms with Gasteiger partial charge in [-0.1, -0.05) is 49.6 Å². The molecule has 0 saturated heterocycles. The van der Waals surface area contributed by atoms with E-state index in [2.05, 4.69) is 10.3 Å². The summed E-state index contributed by atoms with van der Waals surface area (Å²) in [6, 6.07) is 14.6. The van der Waals surface area contributed by atoms with Crippen molar-refractivity contribution in [1.82, 2.24) is 4.98 Å². The zero-order chi connectivity index (χ0) is 19.6. The maximum Gasteiger partial charge on any atom is 0.230 e. The average Bonchev–Trinajstić information content (AvgIpc) is 2.71. The molecule has 1 fully saturated rings. The number of amides is 1. The van der Waals surface area contributed by atoms with E-state index in [0.717, 1.165) is 59.8 Å². The van der Waals surface area contributed by atoms with Gasteiger partial charge in [0.05, 0.1) is 22.8 Å². The molecule has 4 heteroatoms. The Hall–Kier alpha value is -2.75. The van der Waals surface area contributed by atoms with Gasteiger partial charge in [0.1, 0.15) is 5.82 Å². The average molecular weight is 376 g/mol. The van der Waals surface area contributed by atoms with Gasteiger partial charge in [0.25, 0.3) is 0 Å². The van der Waals surface area contributed by atoms with Gasteiger partial charge >= 0.3 is 0 Å². The van der Waals surface area contributed by atoms with E-state index in [1.165, 1.54) is 6.07 Å². The molecular formula is C24H25FN2O. The molecule has 1 aliphatic carbocycles. The van der Waals surface area contributed by atoms with E-state index in [1.54, 1.807) is 18.3 Å². The highest BCUT2D eigenvalue weighted by molar-refractivity contribution is 5.98. The molecule has 0 unspecified atom stereocenters. The Morgan fingerprint density at radius 2 is 1.89 bits per heavy atom. The summed E-state index contributed by atoms with van der Waals surface area (Å²) in [5.74, 6) is -0.227. The van der Waals surface area contributed by atoms with Crippen LogP contribution in [0.2, 0.25) is 0 Å². The first kappa shape index (κ1) is 18.6. The fraction of sp³-hybridized carbons (Fsp3) is 0.333. The predicted molar refractivity (Wildman–Crippen MR) is 111 cm³/mol. The Morgan fingerprint density at radius 3 is 2.68 bits per heavy atom. The number of hydrogen-bond acceptors (Lipinski definition) is 2. The molecule has 144 valence electrons. The second-order valence-electron chi connectivity index (χ2n) is 7.92. The van der Waals surface area contributed by atoms with Crippen LogP contribution in [-0.4, -0.2) is 10.9 Å². The largest absolute Gasteiger partial charge is 0.324 e. The number of nitrogens with one attached hydrogen (secondary N) is 1. The van der Waals surface area contributed by atoms with Crippen molar-refractivity contribution in [2.24, 2.45) is 5.41 Å². The lowest BCUT2D eigenvalue weighted by atomic mass is 9.69. The van der Waals surface area contributed by atoms with Crippen LogP contribution in [0.5, 0.6) is 0 Å². The highest BCUT2D eigenvalue weighted by atomic mass is 19.1. The van der Waals surface area contributed by atoms with E-state index in [0.29, 0.717) is 6.42 Å². The summed E-state index contributed by atoms with van der Waals surface area (Å²) in [6.45, 7) is 2.01. The number of pyridine rings is 1. The van der Waals surface area contributed by atoms with Crippen molar-refractivity contribution in [2.75, 3.05) is 5.32 Å². The first-order valence-corrected chi connectivity index (χ1v) is 9.98. The summed E-state index contributed by atoms with van der Waals surface area (Å²) < 4.78 is 13.7. The van der Waals surface area contributed by atoms with E-state index in [-0.39, 0.29) is 11.7 Å². The van der Waals surface area contributed by atoms with Gasteiger partial charge in [0, 0.05) is 5.39 Å². The Balaban J connectivity index is 1.64. The number of para-hydroxylation sites is 1. The van der Waals surface area contributed by atoms with Crippen LogP contribution in [0.1, 0.15) is 43.2 Å². The Bertz CT molecular complexity index is 1010. The minimum atomic E-state index is -0.496. The van der Waals surface area contributed by atoms with Crippen LogP contribution < -0.4 is 5.32 Å². The Labute approximate surface area is 165 Å². The third-order valence-corrected chi connectivity index (χ3v) is 6.02. The minimum Gasteiger partial charge on any atom is -0.324 e. The van der Waals surface area contributed by atoms with Gasteiger partial charge in [-0.25, -0.2) is 4.39 Å². The number of anilines is 1. The predicted octanol–water partition coefficient (Wildman–Crippen LogP) is 5.81. The van der Waals surface area contributed by atoms with E-state index in [9.17, 15) is 9.18 Å². The van der Waals surface area contributed by atoms with Crippen LogP contribution >= 0.6 is 0 Å². The van der Waals surface area contributed by atoms with Crippen LogP contribution in [0.3, 0.4) is 0 Å². The number of rotatable bonds is 4. The van der Waals surface area contributed by atoms with Crippen molar-refractivity contribution in [3.8, 4) is 0 Å². The van der Waals surface area contributed by atoms with Crippen molar-refractivity contribution in [2.45, 2.75) is 45.4 Å². The maximum atomic E-state index is 13.7. The number of carbonyl (C=O) groups is 1. The van der Waals surface area contributed by atoms with E-state index < -0.39 is 5.41 Å². The number of hydrogen-bond donors (Lipinski definition) is 1. The molecule has 0 spiro atoms. The summed E-state index contributed by atoms with van der Waals surface area (Å²) in [6.07, 6.45) is 7.17. The van der Waals surface area contributed by atoms with Gasteiger partial charge in [-0.2, -0.15) is 0 Å². The highest BCUT2D eigenvalue weighted by Gasteiger charge is 2.39. The van der Waals surface area contributed by atoms with Crippen LogP contribution in [0.4, 0.5) is 10.1 Å². The molecule has 0 radical (unpaired) electrons. The first-order chi connectivity index (χ1) is 13.6. The topological polar surface area (TPSA) is 42.0 Å². The van der Waals surface area contributed by atoms with E-state index in [4.69, 9.17) is 0 Å². The third-order valence-electron chi connectivity index (χ3n) is 6.02. The summed E-state index contributed by atoms with van der Waals surface area (Å²) >= 11 is 0. The minimum absolute atomic E-state index is 0.0247. The molecule has 4 rings (SSSR count). The molecule has 0 aliphatic heterocycles. The molecule has 3 nitrogen and oxygen atoms in total. The van der Waals surface area contributed by atoms with Crippen molar-refractivity contribution < 1.29 is 9.18 Å². The summed E-state index contributed by atoms with van der Waals surface area (Å²) in [4.78, 5) is 17.9. The van der Waals surface area contributed by atoms with Gasteiger partial charge in [-0.05, 0) is 55.5 Å². The van der Waals surface area contributed by atoms with Crippen molar-refractivity contribution >= 4 is 22.5 Å². The second kappa shape index (κ2) is 7.70. The maximum absolute atomic E-state index is 13.7. The standard InChI is InChI=1S/C24H25FN2O/c1-17-20-10-3-4-11-21(20)26-16-22(17)27-23(28)24(12-5-2-6-13-24)15-18-8-7-9-19(25)14-18/h3-4,7-11,14,16H,2,5-6,12-13,15H2,1H3,(H,27,28). The quantitative estimate of drug-likeness (QED) is 0.624. The molecule has 0 atom stereocenters. The second-order valence-corrected chi connectivity index (χ2v) is 7.92. The number of aryl methyl sites for hydroxylation is 1. The SMILES string of the molecule is Cc1c(NC(=O)C2(Cc3cccc(F)c3)CCCCC2)cnc2ccccc12. The van der Waals surface area contributed by atoms with Crippen LogP contribution in [0.15, 0.2) is 54.7 Å². The Morgan fingerprint density at radius 1 is 1.11 bits per heavy atom. The Kier molecular flexibility index (Phi) is 5.12. The molecule has 1 aliphatic rings. The summed E-state index contributed by atoms with van der Waals surface area (Å²) in [5.41, 5.74) is 3.09. The monoisotopic (exact) mass is 376 g/mol. The van der Waals surface area contributed by atoms with Crippen LogP contribution in [-0.2, 0) is 11.2 Å². The molecule has 1 N–H and O–H groups in total. The number of nitrogens with zero attached hydrogens (tertiary/aromatic N) is 1. The van der Waals surface area contributed by atoms with Crippen LogP contribution in [0.25, 0.3) is 10.9 Å². The van der Waals surface area contributed by atoms with Crippen molar-refractivity contribution in [3.63, 3.8) is 0 Å². The molecule has 1 heterocycles. The lowest BCUT2D eigenvalue weighted by molar-refractivity contribution is -0.127. The first-order valence-electron chi connectivity index (χ1n) is 9.98. The zero-order valence-corrected chi connectivity index (χ0v) is 16.2. The number of benzene rings is 2. The number of carbonyl (C=O) groups excluding carboxylic acids is 1. The molecular weight excluding hydrogens is 351 g/mol. The molecule has 1 saturated carbocycles. The van der Waals surface area contributed by atoms with E-state index >= 15 is 0 Å². The molecule has 0 bridgehead atoms. The van der Waals surface area contributed by atoms with Crippen molar-refractivity contribution in [1.29, 1.82) is 0 Å². The molecule has 1 amide bonds. The van der Waals surface area contributed by atoms with Gasteiger partial charge in [0.15, 0.2) is 0 Å². The zero-order valence-electron chi connectivity index (χ0n) is 16.2. The van der Waals surface area contributed by atoms with Gasteiger partial charge in [0.2, 0.25) is 5.91 Å². The third kappa shape index (κ3) is 3.64. The van der Waals surface area contributed by atoms with Gasteiger partial charge < -0.3 is 5.32 Å². The van der Waals surface area contributed by atoms with Gasteiger partial charge in [-0.3, -0.25) is 9.78 Å². The number of fused-ring (bicyclic) bond motifs is 1. The molecule has 2 aromatic carbocycles.